The Morgan fingerprint density at radius 3 is 2.44 bits per heavy atom. The van der Waals surface area contributed by atoms with Crippen molar-refractivity contribution in [1.82, 2.24) is 0 Å². The van der Waals surface area contributed by atoms with E-state index in [2.05, 4.69) is 32.1 Å². The van der Waals surface area contributed by atoms with Crippen LogP contribution in [-0.4, -0.2) is 26.6 Å². The maximum Gasteiger partial charge on any atom is 0.296 e. The molecule has 0 heterocycles. The van der Waals surface area contributed by atoms with Gasteiger partial charge in [0.05, 0.1) is 11.5 Å². The van der Waals surface area contributed by atoms with Gasteiger partial charge in [-0.05, 0) is 43.7 Å². The Morgan fingerprint density at radius 2 is 1.75 bits per heavy atom. The topological polar surface area (TPSA) is 77.5 Å². The molecule has 0 aliphatic heterocycles. The van der Waals surface area contributed by atoms with Crippen LogP contribution in [0.25, 0.3) is 0 Å². The van der Waals surface area contributed by atoms with E-state index in [1.54, 1.807) is 12.1 Å². The highest BCUT2D eigenvalue weighted by Gasteiger charge is 2.63. The molecule has 1 fully saturated rings. The minimum atomic E-state index is -3.91. The van der Waals surface area contributed by atoms with E-state index in [0.717, 1.165) is 5.56 Å². The molecule has 0 radical (unpaired) electrons. The Morgan fingerprint density at radius 1 is 1.06 bits per heavy atom. The van der Waals surface area contributed by atoms with E-state index in [1.165, 1.54) is 12.1 Å². The Labute approximate surface area is 191 Å². The second-order valence-electron chi connectivity index (χ2n) is 10.1. The molecule has 172 valence electrons. The number of benzene rings is 1. The molecule has 1 saturated carbocycles. The first kappa shape index (κ1) is 23.1. The van der Waals surface area contributed by atoms with Crippen molar-refractivity contribution in [3.63, 3.8) is 0 Å². The predicted octanol–water partition coefficient (Wildman–Crippen LogP) is 4.66. The lowest BCUT2D eigenvalue weighted by atomic mass is 9.46. The second-order valence-corrected chi connectivity index (χ2v) is 11.7. The number of hydrogen-bond acceptors (Lipinski definition) is 5. The van der Waals surface area contributed by atoms with Gasteiger partial charge in [0.25, 0.3) is 10.1 Å². The van der Waals surface area contributed by atoms with Crippen LogP contribution in [-0.2, 0) is 23.9 Å². The summed E-state index contributed by atoms with van der Waals surface area (Å²) < 4.78 is 30.3. The highest BCUT2D eigenvalue weighted by atomic mass is 32.2. The third-order valence-corrected chi connectivity index (χ3v) is 9.67. The third kappa shape index (κ3) is 3.52. The summed E-state index contributed by atoms with van der Waals surface area (Å²) >= 11 is 0. The van der Waals surface area contributed by atoms with E-state index in [-0.39, 0.29) is 53.7 Å². The molecular weight excluding hydrogens is 424 g/mol. The third-order valence-electron chi connectivity index (χ3n) is 8.34. The van der Waals surface area contributed by atoms with Crippen LogP contribution in [0.3, 0.4) is 0 Å². The zero-order chi connectivity index (χ0) is 23.3. The molecule has 0 amide bonds. The highest BCUT2D eigenvalue weighted by molar-refractivity contribution is 7.86. The molecule has 0 bridgehead atoms. The zero-order valence-electron chi connectivity index (χ0n) is 19.2. The largest absolute Gasteiger partial charge is 0.299 e. The van der Waals surface area contributed by atoms with Gasteiger partial charge in [0, 0.05) is 29.1 Å². The fourth-order valence-electron chi connectivity index (χ4n) is 6.04. The van der Waals surface area contributed by atoms with E-state index in [4.69, 9.17) is 4.18 Å². The van der Waals surface area contributed by atoms with Crippen molar-refractivity contribution < 1.29 is 22.2 Å². The van der Waals surface area contributed by atoms with Crippen LogP contribution in [0.2, 0.25) is 0 Å². The molecule has 0 saturated heterocycles. The normalized spacial score (nSPS) is 36.6. The Kier molecular flexibility index (Phi) is 5.83. The summed E-state index contributed by atoms with van der Waals surface area (Å²) in [6.45, 7) is 8.01. The van der Waals surface area contributed by atoms with Gasteiger partial charge in [-0.1, -0.05) is 62.8 Å². The van der Waals surface area contributed by atoms with Crippen LogP contribution in [0.4, 0.5) is 0 Å². The van der Waals surface area contributed by atoms with E-state index in [1.807, 2.05) is 19.9 Å². The molecule has 1 aromatic rings. The van der Waals surface area contributed by atoms with Crippen LogP contribution in [0.1, 0.15) is 45.6 Å². The van der Waals surface area contributed by atoms with Gasteiger partial charge in [0.2, 0.25) is 0 Å². The number of rotatable bonds is 5. The molecule has 5 nitrogen and oxygen atoms in total. The van der Waals surface area contributed by atoms with E-state index in [9.17, 15) is 18.0 Å². The summed E-state index contributed by atoms with van der Waals surface area (Å²) in [5, 5.41) is 0. The molecule has 4 rings (SSSR count). The van der Waals surface area contributed by atoms with Gasteiger partial charge in [0.1, 0.15) is 11.6 Å². The minimum absolute atomic E-state index is 0.0318. The fourth-order valence-corrected chi connectivity index (χ4v) is 6.96. The number of carbonyl (C=O) groups excluding carboxylic acids is 2. The summed E-state index contributed by atoms with van der Waals surface area (Å²) in [4.78, 5) is 27.2. The van der Waals surface area contributed by atoms with Crippen molar-refractivity contribution in [2.45, 2.75) is 51.9 Å². The van der Waals surface area contributed by atoms with Crippen LogP contribution in [0.15, 0.2) is 53.5 Å². The molecule has 0 spiro atoms. The zero-order valence-corrected chi connectivity index (χ0v) is 20.0. The second kappa shape index (κ2) is 8.07. The number of ketones is 2. The summed E-state index contributed by atoms with van der Waals surface area (Å²) in [5.41, 5.74) is -0.138. The van der Waals surface area contributed by atoms with Crippen LogP contribution >= 0.6 is 0 Å². The summed E-state index contributed by atoms with van der Waals surface area (Å²) in [6, 6.07) is 6.46. The van der Waals surface area contributed by atoms with Crippen LogP contribution in [0.5, 0.6) is 0 Å². The monoisotopic (exact) mass is 456 g/mol. The number of Topliss-reactive ketones (excluding diaryl/α,β-unsaturated/α-hetero) is 2. The average Bonchev–Trinajstić information content (AvgIpc) is 2.79. The molecular formula is C26H32O5S. The molecule has 1 aromatic carbocycles. The first-order valence-corrected chi connectivity index (χ1v) is 12.8. The summed E-state index contributed by atoms with van der Waals surface area (Å²) in [6.07, 6.45) is 9.35. The molecule has 3 aliphatic rings. The van der Waals surface area contributed by atoms with Gasteiger partial charge in [-0.15, -0.1) is 0 Å². The number of aryl methyl sites for hydroxylation is 1. The molecule has 6 atom stereocenters. The van der Waals surface area contributed by atoms with E-state index in [0.29, 0.717) is 6.42 Å². The standard InChI is InChI=1S/C26H32O5S/c1-17-7-10-20(11-8-17)32(29,30)31-15-13-19-16-23(27)25(3)14-5-6-21-18(2)9-12-22(24(19)28)26(21,25)4/h5-12,18-19,21-22H,13-16H2,1-4H3. The molecule has 32 heavy (non-hydrogen) atoms. The van der Waals surface area contributed by atoms with Gasteiger partial charge in [-0.2, -0.15) is 8.42 Å². The number of carbonyl (C=O) groups is 2. The summed E-state index contributed by atoms with van der Waals surface area (Å²) in [7, 11) is -3.91. The van der Waals surface area contributed by atoms with E-state index >= 15 is 0 Å². The molecule has 6 unspecified atom stereocenters. The first-order chi connectivity index (χ1) is 15.0. The Balaban J connectivity index is 1.56. The maximum absolute atomic E-state index is 13.6. The molecule has 6 heteroatoms. The highest BCUT2D eigenvalue weighted by Crippen LogP contribution is 2.62. The van der Waals surface area contributed by atoms with Crippen molar-refractivity contribution in [3.8, 4) is 0 Å². The molecule has 0 aromatic heterocycles. The van der Waals surface area contributed by atoms with Gasteiger partial charge < -0.3 is 0 Å². The van der Waals surface area contributed by atoms with Gasteiger partial charge in [0.15, 0.2) is 0 Å². The fraction of sp³-hybridized carbons (Fsp3) is 0.538. The SMILES string of the molecule is Cc1ccc(S(=O)(=O)OCCC2CC(=O)C3(C)CC=CC4C(C)C=CC(C2=O)C43C)cc1. The van der Waals surface area contributed by atoms with Crippen LogP contribution in [0, 0.1) is 41.4 Å². The van der Waals surface area contributed by atoms with Crippen molar-refractivity contribution in [2.24, 2.45) is 34.5 Å². The van der Waals surface area contributed by atoms with Gasteiger partial charge >= 0.3 is 0 Å². The lowest BCUT2D eigenvalue weighted by Gasteiger charge is -2.56. The van der Waals surface area contributed by atoms with Crippen molar-refractivity contribution in [3.05, 3.63) is 54.1 Å². The Hall–Kier alpha value is -2.05. The lowest BCUT2D eigenvalue weighted by Crippen LogP contribution is -2.56. The van der Waals surface area contributed by atoms with Crippen LogP contribution < -0.4 is 0 Å². The smallest absolute Gasteiger partial charge is 0.296 e. The molecule has 0 N–H and O–H groups in total. The maximum atomic E-state index is 13.6. The first-order valence-electron chi connectivity index (χ1n) is 11.4. The number of hydrogen-bond donors (Lipinski definition) is 0. The van der Waals surface area contributed by atoms with E-state index < -0.39 is 26.9 Å². The van der Waals surface area contributed by atoms with Crippen molar-refractivity contribution in [2.75, 3.05) is 6.61 Å². The quantitative estimate of drug-likeness (QED) is 0.476. The van der Waals surface area contributed by atoms with Crippen molar-refractivity contribution in [1.29, 1.82) is 0 Å². The summed E-state index contributed by atoms with van der Waals surface area (Å²) in [5.74, 6) is -0.390. The predicted molar refractivity (Wildman–Crippen MR) is 122 cm³/mol. The Bertz CT molecular complexity index is 1080. The molecule has 3 aliphatic carbocycles. The number of allylic oxidation sites excluding steroid dienone is 4. The lowest BCUT2D eigenvalue weighted by molar-refractivity contribution is -0.143. The van der Waals surface area contributed by atoms with Gasteiger partial charge in [-0.25, -0.2) is 0 Å². The van der Waals surface area contributed by atoms with Gasteiger partial charge in [-0.3, -0.25) is 13.8 Å². The van der Waals surface area contributed by atoms with Crippen molar-refractivity contribution >= 4 is 21.7 Å². The average molecular weight is 457 g/mol. The minimum Gasteiger partial charge on any atom is -0.299 e.